The third-order valence-electron chi connectivity index (χ3n) is 2.83. The summed E-state index contributed by atoms with van der Waals surface area (Å²) in [5.74, 6) is -1.03. The number of hydrogen-bond acceptors (Lipinski definition) is 2. The molecule has 108 valence electrons. The molecule has 0 bridgehead atoms. The van der Waals surface area contributed by atoms with E-state index < -0.39 is 12.0 Å². The Hall–Kier alpha value is -2.09. The predicted octanol–water partition coefficient (Wildman–Crippen LogP) is 3.94. The Bertz CT molecular complexity index is 684. The van der Waals surface area contributed by atoms with Crippen LogP contribution in [0.4, 0.5) is 16.2 Å². The lowest BCUT2D eigenvalue weighted by Crippen LogP contribution is -2.20. The lowest BCUT2D eigenvalue weighted by atomic mass is 10.1. The number of carboxylic acids is 1. The number of nitrogens with one attached hydrogen (secondary N) is 2. The van der Waals surface area contributed by atoms with Crippen LogP contribution in [0.3, 0.4) is 0 Å². The summed E-state index contributed by atoms with van der Waals surface area (Å²) in [5, 5.41) is 14.3. The van der Waals surface area contributed by atoms with Gasteiger partial charge in [0.25, 0.3) is 0 Å². The zero-order valence-corrected chi connectivity index (χ0v) is 13.3. The Morgan fingerprint density at radius 3 is 2.33 bits per heavy atom. The van der Waals surface area contributed by atoms with Crippen molar-refractivity contribution in [1.29, 1.82) is 0 Å². The molecule has 5 nitrogen and oxygen atoms in total. The highest BCUT2D eigenvalue weighted by Gasteiger charge is 2.09. The minimum atomic E-state index is -1.03. The second-order valence-electron chi connectivity index (χ2n) is 4.42. The van der Waals surface area contributed by atoms with Gasteiger partial charge in [0.1, 0.15) is 0 Å². The first kappa shape index (κ1) is 15.3. The predicted molar refractivity (Wildman–Crippen MR) is 89.9 cm³/mol. The monoisotopic (exact) mass is 396 g/mol. The lowest BCUT2D eigenvalue weighted by Gasteiger charge is -2.10. The molecule has 0 aliphatic carbocycles. The van der Waals surface area contributed by atoms with Crippen molar-refractivity contribution < 1.29 is 14.7 Å². The molecule has 0 atom stereocenters. The first-order valence-corrected chi connectivity index (χ1v) is 7.21. The topological polar surface area (TPSA) is 78.4 Å². The van der Waals surface area contributed by atoms with Crippen molar-refractivity contribution in [2.45, 2.75) is 6.92 Å². The Labute approximate surface area is 135 Å². The van der Waals surface area contributed by atoms with Crippen molar-refractivity contribution >= 4 is 46.0 Å². The number of carboxylic acid groups (broad SMARTS) is 1. The number of aryl methyl sites for hydroxylation is 1. The number of anilines is 2. The van der Waals surface area contributed by atoms with E-state index in [1.807, 2.05) is 12.1 Å². The summed E-state index contributed by atoms with van der Waals surface area (Å²) >= 11 is 2.18. The number of amides is 2. The Kier molecular flexibility index (Phi) is 4.79. The highest BCUT2D eigenvalue weighted by atomic mass is 127. The van der Waals surface area contributed by atoms with Gasteiger partial charge in [-0.25, -0.2) is 9.59 Å². The van der Waals surface area contributed by atoms with E-state index in [4.69, 9.17) is 5.11 Å². The van der Waals surface area contributed by atoms with Gasteiger partial charge in [-0.15, -0.1) is 0 Å². The minimum Gasteiger partial charge on any atom is -0.478 e. The fraction of sp³-hybridized carbons (Fsp3) is 0.0667. The number of rotatable bonds is 3. The number of carbonyl (C=O) groups is 2. The van der Waals surface area contributed by atoms with E-state index in [0.29, 0.717) is 11.4 Å². The van der Waals surface area contributed by atoms with Gasteiger partial charge in [0.2, 0.25) is 0 Å². The number of hydrogen-bond donors (Lipinski definition) is 3. The molecule has 0 heterocycles. The average molecular weight is 396 g/mol. The third kappa shape index (κ3) is 4.19. The van der Waals surface area contributed by atoms with Gasteiger partial charge in [0, 0.05) is 14.9 Å². The molecule has 2 aromatic carbocycles. The van der Waals surface area contributed by atoms with Gasteiger partial charge in [-0.1, -0.05) is 6.07 Å². The van der Waals surface area contributed by atoms with Gasteiger partial charge in [0.05, 0.1) is 5.56 Å². The SMILES string of the molecule is Cc1ccc(C(=O)O)cc1NC(=O)Nc1ccc(I)cc1. The molecule has 2 rings (SSSR count). The minimum absolute atomic E-state index is 0.130. The first-order valence-electron chi connectivity index (χ1n) is 6.13. The molecule has 2 amide bonds. The van der Waals surface area contributed by atoms with Crippen molar-refractivity contribution in [1.82, 2.24) is 0 Å². The van der Waals surface area contributed by atoms with Crippen molar-refractivity contribution in [3.8, 4) is 0 Å². The van der Waals surface area contributed by atoms with Gasteiger partial charge >= 0.3 is 12.0 Å². The summed E-state index contributed by atoms with van der Waals surface area (Å²) in [5.41, 5.74) is 2.06. The van der Waals surface area contributed by atoms with E-state index in [2.05, 4.69) is 33.2 Å². The molecular formula is C15H13IN2O3. The van der Waals surface area contributed by atoms with E-state index in [1.165, 1.54) is 12.1 Å². The fourth-order valence-corrected chi connectivity index (χ4v) is 2.07. The molecule has 0 fully saturated rings. The maximum absolute atomic E-state index is 11.9. The molecule has 0 aliphatic heterocycles. The van der Waals surface area contributed by atoms with Crippen molar-refractivity contribution in [3.05, 3.63) is 57.2 Å². The van der Waals surface area contributed by atoms with Gasteiger partial charge in [-0.05, 0) is 71.5 Å². The van der Waals surface area contributed by atoms with E-state index in [1.54, 1.807) is 25.1 Å². The summed E-state index contributed by atoms with van der Waals surface area (Å²) in [6.07, 6.45) is 0. The normalized spacial score (nSPS) is 10.0. The summed E-state index contributed by atoms with van der Waals surface area (Å²) in [7, 11) is 0. The van der Waals surface area contributed by atoms with Crippen LogP contribution >= 0.6 is 22.6 Å². The number of urea groups is 1. The molecule has 21 heavy (non-hydrogen) atoms. The van der Waals surface area contributed by atoms with Crippen LogP contribution in [-0.4, -0.2) is 17.1 Å². The van der Waals surface area contributed by atoms with Crippen LogP contribution in [0.25, 0.3) is 0 Å². The molecule has 0 radical (unpaired) electrons. The smallest absolute Gasteiger partial charge is 0.335 e. The second kappa shape index (κ2) is 6.57. The fourth-order valence-electron chi connectivity index (χ4n) is 1.71. The van der Waals surface area contributed by atoms with Crippen molar-refractivity contribution in [3.63, 3.8) is 0 Å². The number of carbonyl (C=O) groups excluding carboxylic acids is 1. The quantitative estimate of drug-likeness (QED) is 0.688. The molecule has 0 spiro atoms. The average Bonchev–Trinajstić information content (AvgIpc) is 2.43. The van der Waals surface area contributed by atoms with Crippen molar-refractivity contribution in [2.75, 3.05) is 10.6 Å². The highest BCUT2D eigenvalue weighted by Crippen LogP contribution is 2.18. The molecule has 3 N–H and O–H groups in total. The Morgan fingerprint density at radius 2 is 1.71 bits per heavy atom. The van der Waals surface area contributed by atoms with E-state index in [9.17, 15) is 9.59 Å². The maximum Gasteiger partial charge on any atom is 0.335 e. The van der Waals surface area contributed by atoms with Crippen molar-refractivity contribution in [2.24, 2.45) is 0 Å². The largest absolute Gasteiger partial charge is 0.478 e. The van der Waals surface area contributed by atoms with Crippen LogP contribution in [0.1, 0.15) is 15.9 Å². The van der Waals surface area contributed by atoms with Gasteiger partial charge in [0.15, 0.2) is 0 Å². The summed E-state index contributed by atoms with van der Waals surface area (Å²) in [6.45, 7) is 1.80. The molecule has 0 unspecified atom stereocenters. The Morgan fingerprint density at radius 1 is 1.05 bits per heavy atom. The molecular weight excluding hydrogens is 383 g/mol. The van der Waals surface area contributed by atoms with Crippen LogP contribution in [0, 0.1) is 10.5 Å². The molecule has 2 aromatic rings. The summed E-state index contributed by atoms with van der Waals surface area (Å²) in [6, 6.07) is 11.5. The number of halogens is 1. The van der Waals surface area contributed by atoms with Crippen LogP contribution in [0.2, 0.25) is 0 Å². The van der Waals surface area contributed by atoms with Crippen LogP contribution in [0.15, 0.2) is 42.5 Å². The van der Waals surface area contributed by atoms with Crippen LogP contribution in [0.5, 0.6) is 0 Å². The highest BCUT2D eigenvalue weighted by molar-refractivity contribution is 14.1. The van der Waals surface area contributed by atoms with E-state index in [-0.39, 0.29) is 5.56 Å². The third-order valence-corrected chi connectivity index (χ3v) is 3.55. The molecule has 0 saturated carbocycles. The maximum atomic E-state index is 11.9. The van der Waals surface area contributed by atoms with Gasteiger partial charge in [-0.3, -0.25) is 0 Å². The zero-order chi connectivity index (χ0) is 15.4. The Balaban J connectivity index is 2.10. The van der Waals surface area contributed by atoms with E-state index in [0.717, 1.165) is 9.13 Å². The van der Waals surface area contributed by atoms with Crippen LogP contribution < -0.4 is 10.6 Å². The lowest BCUT2D eigenvalue weighted by molar-refractivity contribution is 0.0697. The van der Waals surface area contributed by atoms with Crippen LogP contribution in [-0.2, 0) is 0 Å². The van der Waals surface area contributed by atoms with E-state index >= 15 is 0 Å². The number of benzene rings is 2. The van der Waals surface area contributed by atoms with Gasteiger partial charge < -0.3 is 15.7 Å². The molecule has 0 saturated heterocycles. The molecule has 0 aromatic heterocycles. The standard InChI is InChI=1S/C15H13IN2O3/c1-9-2-3-10(14(19)20)8-13(9)18-15(21)17-12-6-4-11(16)5-7-12/h2-8H,1H3,(H,19,20)(H2,17,18,21). The first-order chi connectivity index (χ1) is 9.95. The number of aromatic carboxylic acids is 1. The zero-order valence-electron chi connectivity index (χ0n) is 11.2. The summed E-state index contributed by atoms with van der Waals surface area (Å²) in [4.78, 5) is 22.9. The molecule has 0 aliphatic rings. The second-order valence-corrected chi connectivity index (χ2v) is 5.67. The molecule has 6 heteroatoms. The summed E-state index contributed by atoms with van der Waals surface area (Å²) < 4.78 is 1.07. The van der Waals surface area contributed by atoms with Gasteiger partial charge in [-0.2, -0.15) is 0 Å².